The molecule has 0 N–H and O–H groups in total. The summed E-state index contributed by atoms with van der Waals surface area (Å²) in [5.74, 6) is 0.565. The highest BCUT2D eigenvalue weighted by Crippen LogP contribution is 2.27. The summed E-state index contributed by atoms with van der Waals surface area (Å²) in [5, 5.41) is 0. The van der Waals surface area contributed by atoms with Crippen LogP contribution in [0.5, 0.6) is 5.75 Å². The van der Waals surface area contributed by atoms with Gasteiger partial charge in [-0.2, -0.15) is 0 Å². The van der Waals surface area contributed by atoms with Gasteiger partial charge in [0.15, 0.2) is 0 Å². The molecule has 3 aromatic carbocycles. The van der Waals surface area contributed by atoms with Crippen LogP contribution >= 0.6 is 0 Å². The lowest BCUT2D eigenvalue weighted by Crippen LogP contribution is -2.28. The summed E-state index contributed by atoms with van der Waals surface area (Å²) in [4.78, 5) is 14.8. The Labute approximate surface area is 183 Å². The van der Waals surface area contributed by atoms with Gasteiger partial charge >= 0.3 is 0 Å². The molecule has 0 saturated carbocycles. The standard InChI is InChI=1S/C24H26N2O4S/c1-18-16-19(24(27)25(2)17-20-10-8-9-13-23(20)30-4)14-15-22(18)26(3)31(28,29)21-11-6-5-7-12-21/h5-16H,17H2,1-4H3. The molecule has 0 atom stereocenters. The fourth-order valence-corrected chi connectivity index (χ4v) is 4.68. The Hall–Kier alpha value is -3.32. The molecule has 162 valence electrons. The molecule has 0 aliphatic rings. The third kappa shape index (κ3) is 4.72. The van der Waals surface area contributed by atoms with E-state index in [4.69, 9.17) is 4.74 Å². The van der Waals surface area contributed by atoms with Crippen LogP contribution in [0.4, 0.5) is 5.69 Å². The molecule has 0 aliphatic heterocycles. The lowest BCUT2D eigenvalue weighted by atomic mass is 10.1. The third-order valence-electron chi connectivity index (χ3n) is 5.13. The summed E-state index contributed by atoms with van der Waals surface area (Å²) in [6.07, 6.45) is 0. The van der Waals surface area contributed by atoms with Crippen molar-refractivity contribution in [2.45, 2.75) is 18.4 Å². The number of amides is 1. The first-order valence-electron chi connectivity index (χ1n) is 9.77. The molecule has 0 spiro atoms. The first-order valence-corrected chi connectivity index (χ1v) is 11.2. The van der Waals surface area contributed by atoms with Gasteiger partial charge in [0.25, 0.3) is 15.9 Å². The molecule has 3 aromatic rings. The zero-order chi connectivity index (χ0) is 22.6. The minimum Gasteiger partial charge on any atom is -0.496 e. The van der Waals surface area contributed by atoms with Crippen molar-refractivity contribution in [3.8, 4) is 5.75 Å². The lowest BCUT2D eigenvalue weighted by Gasteiger charge is -2.23. The second kappa shape index (κ2) is 9.22. The summed E-state index contributed by atoms with van der Waals surface area (Å²) in [7, 11) is 1.15. The van der Waals surface area contributed by atoms with Crippen LogP contribution in [0, 0.1) is 6.92 Å². The zero-order valence-corrected chi connectivity index (χ0v) is 18.9. The SMILES string of the molecule is COc1ccccc1CN(C)C(=O)c1ccc(N(C)S(=O)(=O)c2ccccc2)c(C)c1. The summed E-state index contributed by atoms with van der Waals surface area (Å²) in [5.41, 5.74) is 2.61. The van der Waals surface area contributed by atoms with E-state index >= 15 is 0 Å². The van der Waals surface area contributed by atoms with Gasteiger partial charge in [-0.05, 0) is 48.9 Å². The highest BCUT2D eigenvalue weighted by molar-refractivity contribution is 7.92. The normalized spacial score (nSPS) is 11.1. The van der Waals surface area contributed by atoms with E-state index in [1.165, 1.54) is 11.4 Å². The Morgan fingerprint density at radius 1 is 0.935 bits per heavy atom. The smallest absolute Gasteiger partial charge is 0.264 e. The van der Waals surface area contributed by atoms with Crippen LogP contribution in [0.25, 0.3) is 0 Å². The summed E-state index contributed by atoms with van der Waals surface area (Å²) in [6.45, 7) is 2.19. The van der Waals surface area contributed by atoms with Crippen molar-refractivity contribution in [1.29, 1.82) is 0 Å². The molecular weight excluding hydrogens is 412 g/mol. The minimum absolute atomic E-state index is 0.158. The van der Waals surface area contributed by atoms with E-state index < -0.39 is 10.0 Å². The summed E-state index contributed by atoms with van der Waals surface area (Å²) in [6, 6.07) is 20.9. The van der Waals surface area contributed by atoms with Crippen molar-refractivity contribution in [2.75, 3.05) is 25.5 Å². The van der Waals surface area contributed by atoms with E-state index in [1.54, 1.807) is 74.5 Å². The van der Waals surface area contributed by atoms with E-state index in [9.17, 15) is 13.2 Å². The molecule has 0 aliphatic carbocycles. The maximum Gasteiger partial charge on any atom is 0.264 e. The van der Waals surface area contributed by atoms with Crippen LogP contribution in [0.15, 0.2) is 77.7 Å². The molecule has 0 fully saturated rings. The number of nitrogens with zero attached hydrogens (tertiary/aromatic N) is 2. The molecule has 6 nitrogen and oxygen atoms in total. The van der Waals surface area contributed by atoms with E-state index in [2.05, 4.69) is 0 Å². The number of hydrogen-bond donors (Lipinski definition) is 0. The predicted molar refractivity (Wildman–Crippen MR) is 122 cm³/mol. The number of methoxy groups -OCH3 is 1. The van der Waals surface area contributed by atoms with Crippen LogP contribution in [-0.4, -0.2) is 40.4 Å². The molecule has 3 rings (SSSR count). The second-order valence-electron chi connectivity index (χ2n) is 7.26. The van der Waals surface area contributed by atoms with Gasteiger partial charge in [-0.3, -0.25) is 9.10 Å². The number of rotatable bonds is 7. The van der Waals surface area contributed by atoms with Gasteiger partial charge < -0.3 is 9.64 Å². The third-order valence-corrected chi connectivity index (χ3v) is 6.92. The van der Waals surface area contributed by atoms with Crippen molar-refractivity contribution in [3.63, 3.8) is 0 Å². The van der Waals surface area contributed by atoms with E-state index in [1.807, 2.05) is 24.3 Å². The molecule has 0 heterocycles. The van der Waals surface area contributed by atoms with Crippen molar-refractivity contribution in [2.24, 2.45) is 0 Å². The van der Waals surface area contributed by atoms with Gasteiger partial charge in [0.2, 0.25) is 0 Å². The Morgan fingerprint density at radius 2 is 1.58 bits per heavy atom. The minimum atomic E-state index is -3.69. The van der Waals surface area contributed by atoms with Crippen LogP contribution in [0.2, 0.25) is 0 Å². The Bertz CT molecular complexity index is 1180. The number of ether oxygens (including phenoxy) is 1. The number of benzene rings is 3. The Balaban J connectivity index is 1.82. The van der Waals surface area contributed by atoms with Gasteiger partial charge in [0.1, 0.15) is 5.75 Å². The Kier molecular flexibility index (Phi) is 6.65. The Morgan fingerprint density at radius 3 is 2.23 bits per heavy atom. The first-order chi connectivity index (χ1) is 14.8. The highest BCUT2D eigenvalue weighted by Gasteiger charge is 2.23. The van der Waals surface area contributed by atoms with Crippen molar-refractivity contribution >= 4 is 21.6 Å². The molecular formula is C24H26N2O4S. The van der Waals surface area contributed by atoms with Crippen LogP contribution < -0.4 is 9.04 Å². The largest absolute Gasteiger partial charge is 0.496 e. The van der Waals surface area contributed by atoms with Gasteiger partial charge in [-0.15, -0.1) is 0 Å². The molecule has 0 unspecified atom stereocenters. The van der Waals surface area contributed by atoms with E-state index in [0.29, 0.717) is 23.4 Å². The number of carbonyl (C=O) groups is 1. The number of anilines is 1. The quantitative estimate of drug-likeness (QED) is 0.557. The number of hydrogen-bond acceptors (Lipinski definition) is 4. The average molecular weight is 439 g/mol. The van der Waals surface area contributed by atoms with Gasteiger partial charge in [0, 0.05) is 31.8 Å². The van der Waals surface area contributed by atoms with Gasteiger partial charge in [0.05, 0.1) is 17.7 Å². The number of para-hydroxylation sites is 1. The number of carbonyl (C=O) groups excluding carboxylic acids is 1. The van der Waals surface area contributed by atoms with E-state index in [-0.39, 0.29) is 10.8 Å². The molecule has 1 amide bonds. The van der Waals surface area contributed by atoms with Gasteiger partial charge in [-0.1, -0.05) is 36.4 Å². The second-order valence-corrected chi connectivity index (χ2v) is 9.23. The van der Waals surface area contributed by atoms with Crippen LogP contribution in [0.1, 0.15) is 21.5 Å². The monoisotopic (exact) mass is 438 g/mol. The topological polar surface area (TPSA) is 66.9 Å². The molecule has 0 bridgehead atoms. The highest BCUT2D eigenvalue weighted by atomic mass is 32.2. The van der Waals surface area contributed by atoms with Crippen molar-refractivity contribution in [3.05, 3.63) is 89.5 Å². The number of sulfonamides is 1. The predicted octanol–water partition coefficient (Wildman–Crippen LogP) is 4.10. The molecule has 0 radical (unpaired) electrons. The van der Waals surface area contributed by atoms with Crippen LogP contribution in [-0.2, 0) is 16.6 Å². The van der Waals surface area contributed by atoms with Crippen LogP contribution in [0.3, 0.4) is 0 Å². The van der Waals surface area contributed by atoms with Crippen molar-refractivity contribution < 1.29 is 17.9 Å². The first kappa shape index (κ1) is 22.4. The van der Waals surface area contributed by atoms with E-state index in [0.717, 1.165) is 11.3 Å². The fourth-order valence-electron chi connectivity index (χ4n) is 3.40. The summed E-state index contributed by atoms with van der Waals surface area (Å²) < 4.78 is 32.4. The lowest BCUT2D eigenvalue weighted by molar-refractivity contribution is 0.0784. The number of aryl methyl sites for hydroxylation is 1. The molecule has 31 heavy (non-hydrogen) atoms. The van der Waals surface area contributed by atoms with Crippen molar-refractivity contribution in [1.82, 2.24) is 4.90 Å². The van der Waals surface area contributed by atoms with Gasteiger partial charge in [-0.25, -0.2) is 8.42 Å². The fraction of sp³-hybridized carbons (Fsp3) is 0.208. The summed E-state index contributed by atoms with van der Waals surface area (Å²) >= 11 is 0. The maximum absolute atomic E-state index is 13.0. The average Bonchev–Trinajstić information content (AvgIpc) is 2.79. The maximum atomic E-state index is 13.0. The molecule has 7 heteroatoms. The molecule has 0 saturated heterocycles. The zero-order valence-electron chi connectivity index (χ0n) is 18.1. The molecule has 0 aromatic heterocycles.